The van der Waals surface area contributed by atoms with Crippen LogP contribution in [0.1, 0.15) is 17.2 Å². The van der Waals surface area contributed by atoms with E-state index in [4.69, 9.17) is 11.6 Å². The van der Waals surface area contributed by atoms with Crippen molar-refractivity contribution >= 4 is 17.3 Å². The summed E-state index contributed by atoms with van der Waals surface area (Å²) in [5, 5.41) is 4.27. The molecule has 0 amide bonds. The average Bonchev–Trinajstić information content (AvgIpc) is 2.58. The molecule has 122 valence electrons. The molecule has 0 radical (unpaired) electrons. The first-order valence-corrected chi connectivity index (χ1v) is 8.51. The van der Waals surface area contributed by atoms with Crippen LogP contribution in [0.15, 0.2) is 48.5 Å². The summed E-state index contributed by atoms with van der Waals surface area (Å²) in [6, 6.07) is 17.2. The molecule has 0 aromatic heterocycles. The minimum absolute atomic E-state index is 0.210. The van der Waals surface area contributed by atoms with Crippen LogP contribution < -0.4 is 10.2 Å². The predicted molar refractivity (Wildman–Crippen MR) is 98.5 cm³/mol. The van der Waals surface area contributed by atoms with Crippen LogP contribution in [0.3, 0.4) is 0 Å². The Kier molecular flexibility index (Phi) is 5.21. The zero-order chi connectivity index (χ0) is 16.2. The van der Waals surface area contributed by atoms with E-state index in [9.17, 15) is 0 Å². The van der Waals surface area contributed by atoms with Gasteiger partial charge in [-0.1, -0.05) is 41.9 Å². The number of nitrogens with one attached hydrogen (secondary N) is 1. The third-order valence-corrected chi connectivity index (χ3v) is 4.79. The van der Waals surface area contributed by atoms with Crippen molar-refractivity contribution in [3.8, 4) is 0 Å². The summed E-state index contributed by atoms with van der Waals surface area (Å²) in [5.74, 6) is 0. The van der Waals surface area contributed by atoms with Gasteiger partial charge in [0.25, 0.3) is 0 Å². The second-order valence-electron chi connectivity index (χ2n) is 6.20. The Morgan fingerprint density at radius 3 is 2.26 bits per heavy atom. The van der Waals surface area contributed by atoms with E-state index < -0.39 is 0 Å². The Labute approximate surface area is 143 Å². The molecular formula is C19H24ClN3. The van der Waals surface area contributed by atoms with Crippen LogP contribution in [-0.2, 0) is 0 Å². The maximum atomic E-state index is 6.52. The highest BCUT2D eigenvalue weighted by Gasteiger charge is 2.25. The Bertz CT molecular complexity index is 633. The van der Waals surface area contributed by atoms with Crippen molar-refractivity contribution < 1.29 is 0 Å². The van der Waals surface area contributed by atoms with Crippen molar-refractivity contribution in [2.75, 3.05) is 45.2 Å². The first kappa shape index (κ1) is 16.3. The van der Waals surface area contributed by atoms with Crippen LogP contribution in [0.4, 0.5) is 5.69 Å². The van der Waals surface area contributed by atoms with Crippen LogP contribution in [0.5, 0.6) is 0 Å². The lowest BCUT2D eigenvalue weighted by molar-refractivity contribution is 0.198. The fourth-order valence-corrected chi connectivity index (χ4v) is 3.42. The summed E-state index contributed by atoms with van der Waals surface area (Å²) in [6.07, 6.45) is 0. The summed E-state index contributed by atoms with van der Waals surface area (Å²) in [6.45, 7) is 4.12. The van der Waals surface area contributed by atoms with Gasteiger partial charge in [-0.15, -0.1) is 0 Å². The first-order valence-electron chi connectivity index (χ1n) is 8.13. The molecule has 4 heteroatoms. The standard InChI is InChI=1S/C19H24ClN3/c1-22(2)16-9-7-15(8-10-16)19(23-13-11-21-12-14-23)17-5-3-4-6-18(17)20/h3-10,19,21H,11-14H2,1-2H3. The highest BCUT2D eigenvalue weighted by atomic mass is 35.5. The number of benzene rings is 2. The van der Waals surface area contributed by atoms with E-state index in [0.717, 1.165) is 31.2 Å². The molecule has 0 bridgehead atoms. The van der Waals surface area contributed by atoms with Crippen molar-refractivity contribution in [1.29, 1.82) is 0 Å². The number of hydrogen-bond acceptors (Lipinski definition) is 3. The number of hydrogen-bond donors (Lipinski definition) is 1. The molecule has 1 saturated heterocycles. The highest BCUT2D eigenvalue weighted by molar-refractivity contribution is 6.31. The van der Waals surface area contributed by atoms with Crippen molar-refractivity contribution in [1.82, 2.24) is 10.2 Å². The molecule has 0 aliphatic carbocycles. The van der Waals surface area contributed by atoms with E-state index in [-0.39, 0.29) is 6.04 Å². The molecule has 1 fully saturated rings. The van der Waals surface area contributed by atoms with E-state index in [2.05, 4.69) is 65.6 Å². The largest absolute Gasteiger partial charge is 0.378 e. The molecule has 1 heterocycles. The molecule has 1 unspecified atom stereocenters. The molecular weight excluding hydrogens is 306 g/mol. The van der Waals surface area contributed by atoms with Crippen molar-refractivity contribution in [3.05, 3.63) is 64.7 Å². The maximum absolute atomic E-state index is 6.52. The van der Waals surface area contributed by atoms with E-state index in [0.29, 0.717) is 0 Å². The van der Waals surface area contributed by atoms with Gasteiger partial charge in [0.15, 0.2) is 0 Å². The Morgan fingerprint density at radius 2 is 1.65 bits per heavy atom. The van der Waals surface area contributed by atoms with E-state index >= 15 is 0 Å². The molecule has 3 nitrogen and oxygen atoms in total. The number of anilines is 1. The molecule has 0 saturated carbocycles. The monoisotopic (exact) mass is 329 g/mol. The number of piperazine rings is 1. The smallest absolute Gasteiger partial charge is 0.0617 e. The Morgan fingerprint density at radius 1 is 1.00 bits per heavy atom. The maximum Gasteiger partial charge on any atom is 0.0617 e. The lowest BCUT2D eigenvalue weighted by Gasteiger charge is -2.36. The van der Waals surface area contributed by atoms with Gasteiger partial charge in [-0.25, -0.2) is 0 Å². The van der Waals surface area contributed by atoms with Gasteiger partial charge in [0.2, 0.25) is 0 Å². The van der Waals surface area contributed by atoms with Crippen LogP contribution in [0, 0.1) is 0 Å². The second-order valence-corrected chi connectivity index (χ2v) is 6.60. The normalized spacial score (nSPS) is 17.0. The highest BCUT2D eigenvalue weighted by Crippen LogP contribution is 2.34. The fourth-order valence-electron chi connectivity index (χ4n) is 3.18. The lowest BCUT2D eigenvalue weighted by Crippen LogP contribution is -2.45. The minimum Gasteiger partial charge on any atom is -0.378 e. The van der Waals surface area contributed by atoms with E-state index in [1.807, 2.05) is 12.1 Å². The molecule has 1 aliphatic rings. The molecule has 1 N–H and O–H groups in total. The molecule has 23 heavy (non-hydrogen) atoms. The van der Waals surface area contributed by atoms with Crippen molar-refractivity contribution in [3.63, 3.8) is 0 Å². The number of nitrogens with zero attached hydrogens (tertiary/aromatic N) is 2. The summed E-state index contributed by atoms with van der Waals surface area (Å²) in [5.41, 5.74) is 3.70. The van der Waals surface area contributed by atoms with Crippen molar-refractivity contribution in [2.45, 2.75) is 6.04 Å². The predicted octanol–water partition coefficient (Wildman–Crippen LogP) is 3.40. The third kappa shape index (κ3) is 3.69. The second kappa shape index (κ2) is 7.35. The van der Waals surface area contributed by atoms with Gasteiger partial charge in [0.1, 0.15) is 0 Å². The molecule has 1 aliphatic heterocycles. The summed E-state index contributed by atoms with van der Waals surface area (Å²) < 4.78 is 0. The third-order valence-electron chi connectivity index (χ3n) is 4.44. The van der Waals surface area contributed by atoms with Gasteiger partial charge >= 0.3 is 0 Å². The fraction of sp³-hybridized carbons (Fsp3) is 0.368. The topological polar surface area (TPSA) is 18.5 Å². The zero-order valence-electron chi connectivity index (χ0n) is 13.8. The number of rotatable bonds is 4. The van der Waals surface area contributed by atoms with Crippen LogP contribution in [0.25, 0.3) is 0 Å². The summed E-state index contributed by atoms with van der Waals surface area (Å²) >= 11 is 6.52. The molecule has 2 aromatic rings. The molecule has 2 aromatic carbocycles. The SMILES string of the molecule is CN(C)c1ccc(C(c2ccccc2Cl)N2CCNCC2)cc1. The molecule has 1 atom stereocenters. The quantitative estimate of drug-likeness (QED) is 0.927. The molecule has 0 spiro atoms. The van der Waals surface area contributed by atoms with Crippen LogP contribution in [0.2, 0.25) is 5.02 Å². The van der Waals surface area contributed by atoms with Crippen molar-refractivity contribution in [2.24, 2.45) is 0 Å². The summed E-state index contributed by atoms with van der Waals surface area (Å²) in [7, 11) is 4.13. The van der Waals surface area contributed by atoms with Crippen LogP contribution >= 0.6 is 11.6 Å². The van der Waals surface area contributed by atoms with Gasteiger partial charge in [-0.2, -0.15) is 0 Å². The van der Waals surface area contributed by atoms with Gasteiger partial charge in [-0.3, -0.25) is 4.90 Å². The molecule has 3 rings (SSSR count). The first-order chi connectivity index (χ1) is 11.2. The minimum atomic E-state index is 0.210. The van der Waals surface area contributed by atoms with E-state index in [1.54, 1.807) is 0 Å². The lowest BCUT2D eigenvalue weighted by atomic mass is 9.96. The average molecular weight is 330 g/mol. The van der Waals surface area contributed by atoms with Gasteiger partial charge in [0, 0.05) is 51.0 Å². The van der Waals surface area contributed by atoms with Gasteiger partial charge in [0.05, 0.1) is 6.04 Å². The zero-order valence-corrected chi connectivity index (χ0v) is 14.6. The number of halogens is 1. The van der Waals surface area contributed by atoms with Crippen LogP contribution in [-0.4, -0.2) is 45.2 Å². The van der Waals surface area contributed by atoms with Gasteiger partial charge < -0.3 is 10.2 Å². The van der Waals surface area contributed by atoms with E-state index in [1.165, 1.54) is 16.8 Å². The Hall–Kier alpha value is -1.55. The Balaban J connectivity index is 1.99. The van der Waals surface area contributed by atoms with Gasteiger partial charge in [-0.05, 0) is 29.3 Å². The summed E-state index contributed by atoms with van der Waals surface area (Å²) in [4.78, 5) is 4.64.